The van der Waals surface area contributed by atoms with E-state index in [9.17, 15) is 9.59 Å². The van der Waals surface area contributed by atoms with Crippen molar-refractivity contribution in [1.82, 2.24) is 0 Å². The summed E-state index contributed by atoms with van der Waals surface area (Å²) in [5.41, 5.74) is 5.36. The molecular formula is C34H44N2O4. The Bertz CT molecular complexity index is 1080. The standard InChI is InChI=1S/C34H44N2O4/c1-25(2)7-5-21-39-33(37)29-13-17-31(18-14-29)35-23-27-9-11-28(12-10-27)24-36-32-19-15-30(16-20-32)34(38)40-22-6-8-26(3)4/h9-20,25-26,35-36H,5-8,21-24H2,1-4H3. The van der Waals surface area contributed by atoms with Crippen LogP contribution in [0.5, 0.6) is 0 Å². The molecule has 0 aliphatic carbocycles. The van der Waals surface area contributed by atoms with Gasteiger partial charge in [0.25, 0.3) is 0 Å². The first kappa shape index (κ1) is 30.7. The Morgan fingerprint density at radius 3 is 1.25 bits per heavy atom. The van der Waals surface area contributed by atoms with Gasteiger partial charge >= 0.3 is 11.9 Å². The summed E-state index contributed by atoms with van der Waals surface area (Å²) in [7, 11) is 0. The number of rotatable bonds is 16. The molecule has 0 aliphatic heterocycles. The van der Waals surface area contributed by atoms with Gasteiger partial charge in [0.1, 0.15) is 0 Å². The zero-order chi connectivity index (χ0) is 28.7. The minimum atomic E-state index is -0.273. The van der Waals surface area contributed by atoms with Crippen LogP contribution in [0.15, 0.2) is 72.8 Å². The van der Waals surface area contributed by atoms with Gasteiger partial charge in [-0.3, -0.25) is 0 Å². The highest BCUT2D eigenvalue weighted by molar-refractivity contribution is 5.90. The molecule has 0 spiro atoms. The van der Waals surface area contributed by atoms with Crippen molar-refractivity contribution in [3.8, 4) is 0 Å². The number of nitrogens with one attached hydrogen (secondary N) is 2. The molecule has 6 nitrogen and oxygen atoms in total. The average Bonchev–Trinajstić information content (AvgIpc) is 2.96. The maximum Gasteiger partial charge on any atom is 0.338 e. The number of hydrogen-bond acceptors (Lipinski definition) is 6. The monoisotopic (exact) mass is 544 g/mol. The quantitative estimate of drug-likeness (QED) is 0.140. The third-order valence-electron chi connectivity index (χ3n) is 6.58. The number of benzene rings is 3. The molecule has 3 aromatic rings. The summed E-state index contributed by atoms with van der Waals surface area (Å²) in [6, 6.07) is 23.2. The van der Waals surface area contributed by atoms with E-state index in [0.717, 1.165) is 48.2 Å². The van der Waals surface area contributed by atoms with Crippen molar-refractivity contribution in [2.24, 2.45) is 11.8 Å². The second kappa shape index (κ2) is 16.3. The molecule has 0 aliphatic rings. The molecule has 0 unspecified atom stereocenters. The van der Waals surface area contributed by atoms with Gasteiger partial charge in [-0.15, -0.1) is 0 Å². The summed E-state index contributed by atoms with van der Waals surface area (Å²) < 4.78 is 10.7. The van der Waals surface area contributed by atoms with Crippen LogP contribution in [0.2, 0.25) is 0 Å². The molecule has 6 heteroatoms. The molecule has 2 N–H and O–H groups in total. The van der Waals surface area contributed by atoms with E-state index in [1.807, 2.05) is 24.3 Å². The van der Waals surface area contributed by atoms with Crippen LogP contribution in [-0.4, -0.2) is 25.2 Å². The van der Waals surface area contributed by atoms with Crippen molar-refractivity contribution in [3.05, 3.63) is 95.1 Å². The smallest absolute Gasteiger partial charge is 0.338 e. The minimum Gasteiger partial charge on any atom is -0.462 e. The number of carbonyl (C=O) groups is 2. The minimum absolute atomic E-state index is 0.273. The molecule has 0 aromatic heterocycles. The van der Waals surface area contributed by atoms with Crippen molar-refractivity contribution < 1.29 is 19.1 Å². The Balaban J connectivity index is 1.38. The Morgan fingerprint density at radius 1 is 0.575 bits per heavy atom. The van der Waals surface area contributed by atoms with E-state index in [2.05, 4.69) is 62.6 Å². The van der Waals surface area contributed by atoms with Crippen molar-refractivity contribution in [2.75, 3.05) is 23.8 Å². The lowest BCUT2D eigenvalue weighted by Crippen LogP contribution is -2.07. The Morgan fingerprint density at radius 2 is 0.925 bits per heavy atom. The van der Waals surface area contributed by atoms with Crippen LogP contribution >= 0.6 is 0 Å². The fourth-order valence-corrected chi connectivity index (χ4v) is 4.11. The van der Waals surface area contributed by atoms with E-state index in [0.29, 0.717) is 49.3 Å². The summed E-state index contributed by atoms with van der Waals surface area (Å²) >= 11 is 0. The summed E-state index contributed by atoms with van der Waals surface area (Å²) in [5, 5.41) is 6.80. The zero-order valence-corrected chi connectivity index (χ0v) is 24.4. The molecule has 3 rings (SSSR count). The molecule has 0 heterocycles. The zero-order valence-electron chi connectivity index (χ0n) is 24.4. The van der Waals surface area contributed by atoms with Crippen LogP contribution in [0.4, 0.5) is 11.4 Å². The van der Waals surface area contributed by atoms with Crippen LogP contribution in [0.25, 0.3) is 0 Å². The van der Waals surface area contributed by atoms with E-state index < -0.39 is 0 Å². The first-order valence-corrected chi connectivity index (χ1v) is 14.4. The average molecular weight is 545 g/mol. The number of esters is 2. The van der Waals surface area contributed by atoms with Gasteiger partial charge in [0.15, 0.2) is 0 Å². The summed E-state index contributed by atoms with van der Waals surface area (Å²) in [5.74, 6) is 0.684. The maximum absolute atomic E-state index is 12.2. The van der Waals surface area contributed by atoms with Gasteiger partial charge in [0, 0.05) is 24.5 Å². The third-order valence-corrected chi connectivity index (χ3v) is 6.58. The fraction of sp³-hybridized carbons (Fsp3) is 0.412. The highest BCUT2D eigenvalue weighted by Crippen LogP contribution is 2.16. The predicted octanol–water partition coefficient (Wildman–Crippen LogP) is 8.10. The molecular weight excluding hydrogens is 500 g/mol. The number of carbonyl (C=O) groups excluding carboxylic acids is 2. The molecule has 0 fully saturated rings. The summed E-state index contributed by atoms with van der Waals surface area (Å²) in [4.78, 5) is 24.4. The lowest BCUT2D eigenvalue weighted by atomic mass is 10.1. The van der Waals surface area contributed by atoms with Crippen molar-refractivity contribution in [1.29, 1.82) is 0 Å². The number of anilines is 2. The van der Waals surface area contributed by atoms with Gasteiger partial charge in [-0.05, 0) is 97.2 Å². The van der Waals surface area contributed by atoms with Crippen molar-refractivity contribution in [2.45, 2.75) is 66.5 Å². The summed E-state index contributed by atoms with van der Waals surface area (Å²) in [6.07, 6.45) is 3.89. The van der Waals surface area contributed by atoms with Crippen LogP contribution in [0.1, 0.15) is 85.2 Å². The maximum atomic E-state index is 12.2. The highest BCUT2D eigenvalue weighted by Gasteiger charge is 2.08. The first-order chi connectivity index (χ1) is 19.3. The van der Waals surface area contributed by atoms with E-state index in [4.69, 9.17) is 9.47 Å². The molecule has 0 bridgehead atoms. The molecule has 0 amide bonds. The van der Waals surface area contributed by atoms with E-state index >= 15 is 0 Å². The van der Waals surface area contributed by atoms with E-state index in [-0.39, 0.29) is 11.9 Å². The van der Waals surface area contributed by atoms with Gasteiger partial charge in [0.05, 0.1) is 24.3 Å². The topological polar surface area (TPSA) is 76.7 Å². The second-order valence-corrected chi connectivity index (χ2v) is 11.0. The third kappa shape index (κ3) is 11.1. The lowest BCUT2D eigenvalue weighted by Gasteiger charge is -2.10. The molecule has 3 aromatic carbocycles. The number of ether oxygens (including phenoxy) is 2. The normalized spacial score (nSPS) is 10.9. The highest BCUT2D eigenvalue weighted by atomic mass is 16.5. The molecule has 40 heavy (non-hydrogen) atoms. The predicted molar refractivity (Wildman–Crippen MR) is 163 cm³/mol. The van der Waals surface area contributed by atoms with Crippen LogP contribution in [-0.2, 0) is 22.6 Å². The van der Waals surface area contributed by atoms with Gasteiger partial charge in [-0.25, -0.2) is 9.59 Å². The van der Waals surface area contributed by atoms with E-state index in [1.54, 1.807) is 24.3 Å². The lowest BCUT2D eigenvalue weighted by molar-refractivity contribution is 0.0486. The Kier molecular flexibility index (Phi) is 12.6. The van der Waals surface area contributed by atoms with Crippen molar-refractivity contribution in [3.63, 3.8) is 0 Å². The van der Waals surface area contributed by atoms with Crippen LogP contribution < -0.4 is 10.6 Å². The van der Waals surface area contributed by atoms with Gasteiger partial charge in [-0.2, -0.15) is 0 Å². The van der Waals surface area contributed by atoms with E-state index in [1.165, 1.54) is 0 Å². The second-order valence-electron chi connectivity index (χ2n) is 11.0. The first-order valence-electron chi connectivity index (χ1n) is 14.4. The van der Waals surface area contributed by atoms with Gasteiger partial charge < -0.3 is 20.1 Å². The van der Waals surface area contributed by atoms with Crippen molar-refractivity contribution >= 4 is 23.3 Å². The molecule has 0 saturated carbocycles. The van der Waals surface area contributed by atoms with Crippen LogP contribution in [0.3, 0.4) is 0 Å². The Hall–Kier alpha value is -3.80. The number of hydrogen-bond donors (Lipinski definition) is 2. The Labute approximate surface area is 239 Å². The molecule has 0 radical (unpaired) electrons. The SMILES string of the molecule is CC(C)CCCOC(=O)c1ccc(NCc2ccc(CNc3ccc(C(=O)OCCCC(C)C)cc3)cc2)cc1. The largest absolute Gasteiger partial charge is 0.462 e. The van der Waals surface area contributed by atoms with Gasteiger partial charge in [0.2, 0.25) is 0 Å². The molecule has 0 atom stereocenters. The van der Waals surface area contributed by atoms with Gasteiger partial charge in [-0.1, -0.05) is 52.0 Å². The van der Waals surface area contributed by atoms with Crippen LogP contribution in [0, 0.1) is 11.8 Å². The summed E-state index contributed by atoms with van der Waals surface area (Å²) in [6.45, 7) is 11.0. The molecule has 214 valence electrons. The molecule has 0 saturated heterocycles. The fourth-order valence-electron chi connectivity index (χ4n) is 4.11.